The number of rotatable bonds is 5. The number of anilines is 2. The average molecular weight is 429 g/mol. The average Bonchev–Trinajstić information content (AvgIpc) is 2.66. The minimum absolute atomic E-state index is 0.0893. The van der Waals surface area contributed by atoms with Gasteiger partial charge in [-0.1, -0.05) is 35.4 Å². The van der Waals surface area contributed by atoms with Gasteiger partial charge < -0.3 is 5.32 Å². The number of benzene rings is 3. The molecule has 3 aromatic rings. The fourth-order valence-corrected chi connectivity index (χ4v) is 4.09. The predicted molar refractivity (Wildman–Crippen MR) is 117 cm³/mol. The second-order valence-electron chi connectivity index (χ2n) is 6.86. The molecule has 0 heterocycles. The van der Waals surface area contributed by atoms with Gasteiger partial charge in [0.2, 0.25) is 0 Å². The second kappa shape index (κ2) is 8.27. The maximum Gasteiger partial charge on any atom is 0.261 e. The van der Waals surface area contributed by atoms with Crippen LogP contribution in [-0.2, 0) is 10.0 Å². The smallest absolute Gasteiger partial charge is 0.261 e. The van der Waals surface area contributed by atoms with Gasteiger partial charge in [0, 0.05) is 16.3 Å². The Morgan fingerprint density at radius 2 is 1.52 bits per heavy atom. The molecular formula is C22H21ClN2O3S. The van der Waals surface area contributed by atoms with Crippen molar-refractivity contribution in [3.05, 3.63) is 87.9 Å². The molecule has 0 aliphatic heterocycles. The van der Waals surface area contributed by atoms with Crippen molar-refractivity contribution in [2.45, 2.75) is 25.7 Å². The third-order valence-corrected chi connectivity index (χ3v) is 6.13. The first-order valence-electron chi connectivity index (χ1n) is 8.93. The van der Waals surface area contributed by atoms with Gasteiger partial charge in [-0.25, -0.2) is 8.42 Å². The van der Waals surface area contributed by atoms with E-state index in [2.05, 4.69) is 10.0 Å². The number of carbonyl (C=O) groups excluding carboxylic acids is 1. The summed E-state index contributed by atoms with van der Waals surface area (Å²) in [6, 6.07) is 16.5. The Kier molecular flexibility index (Phi) is 5.96. The molecule has 0 aliphatic rings. The normalized spacial score (nSPS) is 11.2. The zero-order valence-electron chi connectivity index (χ0n) is 16.3. The number of nitrogens with one attached hydrogen (secondary N) is 2. The van der Waals surface area contributed by atoms with E-state index in [1.54, 1.807) is 19.1 Å². The summed E-state index contributed by atoms with van der Waals surface area (Å²) in [5, 5.41) is 3.32. The highest BCUT2D eigenvalue weighted by Gasteiger charge is 2.17. The number of aryl methyl sites for hydroxylation is 3. The van der Waals surface area contributed by atoms with Gasteiger partial charge in [-0.2, -0.15) is 0 Å². The number of hydrogen-bond acceptors (Lipinski definition) is 3. The van der Waals surface area contributed by atoms with Gasteiger partial charge in [0.05, 0.1) is 10.6 Å². The lowest BCUT2D eigenvalue weighted by molar-refractivity contribution is 0.102. The molecule has 2 N–H and O–H groups in total. The van der Waals surface area contributed by atoms with E-state index in [0.29, 0.717) is 27.5 Å². The molecule has 5 nitrogen and oxygen atoms in total. The molecule has 0 aliphatic carbocycles. The van der Waals surface area contributed by atoms with Crippen LogP contribution in [0.1, 0.15) is 27.0 Å². The van der Waals surface area contributed by atoms with E-state index in [0.717, 1.165) is 11.1 Å². The molecule has 150 valence electrons. The summed E-state index contributed by atoms with van der Waals surface area (Å²) in [4.78, 5) is 12.8. The Hall–Kier alpha value is -2.83. The highest BCUT2D eigenvalue weighted by Crippen LogP contribution is 2.23. The Bertz CT molecular complexity index is 1170. The van der Waals surface area contributed by atoms with Gasteiger partial charge in [-0.15, -0.1) is 0 Å². The summed E-state index contributed by atoms with van der Waals surface area (Å²) in [5.41, 5.74) is 4.16. The first-order valence-corrected chi connectivity index (χ1v) is 10.8. The summed E-state index contributed by atoms with van der Waals surface area (Å²) in [7, 11) is -3.81. The highest BCUT2D eigenvalue weighted by molar-refractivity contribution is 7.92. The van der Waals surface area contributed by atoms with Crippen LogP contribution in [0.4, 0.5) is 11.4 Å². The summed E-state index contributed by atoms with van der Waals surface area (Å²) in [6.07, 6.45) is 0. The molecular weight excluding hydrogens is 408 g/mol. The van der Waals surface area contributed by atoms with Crippen LogP contribution in [0.5, 0.6) is 0 Å². The van der Waals surface area contributed by atoms with Crippen LogP contribution in [0.2, 0.25) is 5.02 Å². The standard InChI is InChI=1S/C22H21ClN2O3S/c1-14-4-11-20(16(3)12-14)24-22(26)17-6-5-15(2)21(13-17)25-29(27,28)19-9-7-18(23)8-10-19/h4-13,25H,1-3H3,(H,24,26). The van der Waals surface area contributed by atoms with Crippen molar-refractivity contribution < 1.29 is 13.2 Å². The van der Waals surface area contributed by atoms with Crippen molar-refractivity contribution >= 4 is 38.9 Å². The summed E-state index contributed by atoms with van der Waals surface area (Å²) < 4.78 is 27.9. The Morgan fingerprint density at radius 1 is 0.828 bits per heavy atom. The van der Waals surface area contributed by atoms with Gasteiger partial charge in [-0.3, -0.25) is 9.52 Å². The molecule has 7 heteroatoms. The first kappa shape index (κ1) is 20.9. The Labute approximate surface area is 175 Å². The first-order chi connectivity index (χ1) is 13.7. The summed E-state index contributed by atoms with van der Waals surface area (Å²) in [5.74, 6) is -0.316. The molecule has 0 saturated carbocycles. The lowest BCUT2D eigenvalue weighted by atomic mass is 10.1. The van der Waals surface area contributed by atoms with Crippen LogP contribution in [0.3, 0.4) is 0 Å². The maximum absolute atomic E-state index is 12.7. The Morgan fingerprint density at radius 3 is 2.17 bits per heavy atom. The maximum atomic E-state index is 12.7. The molecule has 0 atom stereocenters. The van der Waals surface area contributed by atoms with Crippen LogP contribution in [-0.4, -0.2) is 14.3 Å². The third-order valence-electron chi connectivity index (χ3n) is 4.50. The molecule has 0 unspecified atom stereocenters. The number of hydrogen-bond donors (Lipinski definition) is 2. The molecule has 0 spiro atoms. The van der Waals surface area contributed by atoms with Gasteiger partial charge in [0.15, 0.2) is 0 Å². The zero-order chi connectivity index (χ0) is 21.2. The monoisotopic (exact) mass is 428 g/mol. The summed E-state index contributed by atoms with van der Waals surface area (Å²) >= 11 is 5.83. The van der Waals surface area contributed by atoms with Crippen LogP contribution in [0.25, 0.3) is 0 Å². The molecule has 29 heavy (non-hydrogen) atoms. The van der Waals surface area contributed by atoms with Crippen molar-refractivity contribution in [3.63, 3.8) is 0 Å². The van der Waals surface area contributed by atoms with Crippen LogP contribution in [0, 0.1) is 20.8 Å². The van der Waals surface area contributed by atoms with E-state index in [4.69, 9.17) is 11.6 Å². The number of carbonyl (C=O) groups is 1. The van der Waals surface area contributed by atoms with Crippen molar-refractivity contribution in [1.82, 2.24) is 0 Å². The van der Waals surface area contributed by atoms with Gasteiger partial charge in [0.1, 0.15) is 0 Å². The fourth-order valence-electron chi connectivity index (χ4n) is 2.84. The molecule has 3 rings (SSSR count). The van der Waals surface area contributed by atoms with Crippen LogP contribution < -0.4 is 10.0 Å². The number of halogens is 1. The SMILES string of the molecule is Cc1ccc(NC(=O)c2ccc(C)c(NS(=O)(=O)c3ccc(Cl)cc3)c2)c(C)c1. The Balaban J connectivity index is 1.85. The van der Waals surface area contributed by atoms with Crippen molar-refractivity contribution in [2.24, 2.45) is 0 Å². The molecule has 0 fully saturated rings. The minimum Gasteiger partial charge on any atom is -0.322 e. The van der Waals surface area contributed by atoms with Crippen LogP contribution >= 0.6 is 11.6 Å². The van der Waals surface area contributed by atoms with Gasteiger partial charge in [-0.05, 0) is 74.4 Å². The zero-order valence-corrected chi connectivity index (χ0v) is 17.9. The fraction of sp³-hybridized carbons (Fsp3) is 0.136. The van der Waals surface area contributed by atoms with Crippen LogP contribution in [0.15, 0.2) is 65.6 Å². The van der Waals surface area contributed by atoms with Gasteiger partial charge in [0.25, 0.3) is 15.9 Å². The number of amides is 1. The highest BCUT2D eigenvalue weighted by atomic mass is 35.5. The lowest BCUT2D eigenvalue weighted by Crippen LogP contribution is -2.16. The van der Waals surface area contributed by atoms with E-state index >= 15 is 0 Å². The van der Waals surface area contributed by atoms with Crippen molar-refractivity contribution in [2.75, 3.05) is 10.0 Å². The lowest BCUT2D eigenvalue weighted by Gasteiger charge is -2.13. The van der Waals surface area contributed by atoms with E-state index in [-0.39, 0.29) is 10.8 Å². The van der Waals surface area contributed by atoms with Gasteiger partial charge >= 0.3 is 0 Å². The second-order valence-corrected chi connectivity index (χ2v) is 8.98. The molecule has 0 bridgehead atoms. The minimum atomic E-state index is -3.81. The topological polar surface area (TPSA) is 75.3 Å². The molecule has 0 aromatic heterocycles. The van der Waals surface area contributed by atoms with E-state index in [1.807, 2.05) is 32.0 Å². The van der Waals surface area contributed by atoms with Crippen molar-refractivity contribution in [1.29, 1.82) is 0 Å². The van der Waals surface area contributed by atoms with Crippen molar-refractivity contribution in [3.8, 4) is 0 Å². The quantitative estimate of drug-likeness (QED) is 0.577. The van der Waals surface area contributed by atoms with E-state index in [9.17, 15) is 13.2 Å². The van der Waals surface area contributed by atoms with E-state index in [1.165, 1.54) is 30.3 Å². The third kappa shape index (κ3) is 4.96. The summed E-state index contributed by atoms with van der Waals surface area (Å²) in [6.45, 7) is 5.67. The molecule has 3 aromatic carbocycles. The predicted octanol–water partition coefficient (Wildman–Crippen LogP) is 5.32. The molecule has 1 amide bonds. The van der Waals surface area contributed by atoms with E-state index < -0.39 is 10.0 Å². The molecule has 0 radical (unpaired) electrons. The number of sulfonamides is 1. The molecule has 0 saturated heterocycles. The largest absolute Gasteiger partial charge is 0.322 e.